The lowest BCUT2D eigenvalue weighted by atomic mass is 10.1. The number of hydrogen-bond acceptors (Lipinski definition) is 6. The van der Waals surface area contributed by atoms with Gasteiger partial charge in [0.2, 0.25) is 5.91 Å². The molecule has 0 saturated carbocycles. The molecule has 1 fully saturated rings. The second-order valence-corrected chi connectivity index (χ2v) is 11.5. The van der Waals surface area contributed by atoms with Gasteiger partial charge in [-0.3, -0.25) is 4.79 Å². The van der Waals surface area contributed by atoms with Gasteiger partial charge in [0.05, 0.1) is 23.0 Å². The molecule has 0 spiro atoms. The van der Waals surface area contributed by atoms with Crippen LogP contribution >= 0.6 is 23.1 Å². The highest BCUT2D eigenvalue weighted by Crippen LogP contribution is 2.29. The summed E-state index contributed by atoms with van der Waals surface area (Å²) >= 11 is 2.93. The van der Waals surface area contributed by atoms with E-state index in [-0.39, 0.29) is 29.2 Å². The van der Waals surface area contributed by atoms with Gasteiger partial charge in [-0.25, -0.2) is 13.4 Å². The number of hydrogen-bond donors (Lipinski definition) is 0. The first kappa shape index (κ1) is 21.1. The van der Waals surface area contributed by atoms with Crippen molar-refractivity contribution in [2.24, 2.45) is 0 Å². The van der Waals surface area contributed by atoms with Crippen molar-refractivity contribution in [2.75, 3.05) is 17.3 Å². The van der Waals surface area contributed by atoms with Crippen molar-refractivity contribution in [1.29, 1.82) is 0 Å². The van der Waals surface area contributed by atoms with Gasteiger partial charge in [0.1, 0.15) is 0 Å². The number of nitrogens with zero attached hydrogens (tertiary/aromatic N) is 2. The Kier molecular flexibility index (Phi) is 6.55. The van der Waals surface area contributed by atoms with E-state index in [0.717, 1.165) is 21.2 Å². The monoisotopic (exact) mass is 458 g/mol. The fraction of sp³-hybridized carbons (Fsp3) is 0.273. The third-order valence-corrected chi connectivity index (χ3v) is 8.79. The summed E-state index contributed by atoms with van der Waals surface area (Å²) in [6, 6.07) is 19.4. The molecule has 8 heteroatoms. The fourth-order valence-corrected chi connectivity index (χ4v) is 6.95. The maximum Gasteiger partial charge on any atom is 0.233 e. The zero-order chi connectivity index (χ0) is 21.0. The van der Waals surface area contributed by atoms with Crippen LogP contribution in [0.25, 0.3) is 11.3 Å². The minimum Gasteiger partial charge on any atom is -0.334 e. The fourth-order valence-electron chi connectivity index (χ4n) is 3.49. The van der Waals surface area contributed by atoms with Gasteiger partial charge >= 0.3 is 0 Å². The summed E-state index contributed by atoms with van der Waals surface area (Å²) in [4.78, 5) is 19.4. The number of benzene rings is 2. The number of carbonyl (C=O) groups is 1. The molecule has 1 atom stereocenters. The number of thiazole rings is 1. The summed E-state index contributed by atoms with van der Waals surface area (Å²) in [5.41, 5.74) is 2.95. The van der Waals surface area contributed by atoms with Crippen molar-refractivity contribution in [3.8, 4) is 11.3 Å². The smallest absolute Gasteiger partial charge is 0.233 e. The van der Waals surface area contributed by atoms with E-state index in [4.69, 9.17) is 0 Å². The lowest BCUT2D eigenvalue weighted by Crippen LogP contribution is -2.41. The molecule has 3 aromatic rings. The van der Waals surface area contributed by atoms with Gasteiger partial charge < -0.3 is 4.90 Å². The minimum atomic E-state index is -3.07. The lowest BCUT2D eigenvalue weighted by Gasteiger charge is -2.28. The molecule has 1 aliphatic rings. The van der Waals surface area contributed by atoms with Crippen molar-refractivity contribution in [3.05, 3.63) is 71.6 Å². The molecule has 0 bridgehead atoms. The zero-order valence-electron chi connectivity index (χ0n) is 16.3. The molecule has 1 aliphatic heterocycles. The third-order valence-electron chi connectivity index (χ3n) is 5.04. The van der Waals surface area contributed by atoms with E-state index in [2.05, 4.69) is 4.98 Å². The number of thioether (sulfide) groups is 1. The molecular weight excluding hydrogens is 436 g/mol. The van der Waals surface area contributed by atoms with Crippen LogP contribution in [0, 0.1) is 0 Å². The lowest BCUT2D eigenvalue weighted by molar-refractivity contribution is -0.130. The normalized spacial score (nSPS) is 17.7. The van der Waals surface area contributed by atoms with E-state index in [0.29, 0.717) is 13.0 Å². The number of sulfone groups is 1. The van der Waals surface area contributed by atoms with E-state index in [1.54, 1.807) is 4.90 Å². The molecule has 0 unspecified atom stereocenters. The van der Waals surface area contributed by atoms with Gasteiger partial charge in [-0.1, -0.05) is 72.4 Å². The van der Waals surface area contributed by atoms with Crippen LogP contribution in [-0.2, 0) is 21.2 Å². The largest absolute Gasteiger partial charge is 0.334 e. The summed E-state index contributed by atoms with van der Waals surface area (Å²) in [5.74, 6) is 0.384. The average molecular weight is 459 g/mol. The Morgan fingerprint density at radius 1 is 1.10 bits per heavy atom. The van der Waals surface area contributed by atoms with Crippen molar-refractivity contribution >= 4 is 38.8 Å². The van der Waals surface area contributed by atoms with Crippen molar-refractivity contribution in [1.82, 2.24) is 9.88 Å². The van der Waals surface area contributed by atoms with Crippen molar-refractivity contribution < 1.29 is 13.2 Å². The Labute approximate surface area is 185 Å². The van der Waals surface area contributed by atoms with E-state index in [1.807, 2.05) is 66.0 Å². The molecule has 2 heterocycles. The first-order chi connectivity index (χ1) is 14.5. The topological polar surface area (TPSA) is 67.3 Å². The van der Waals surface area contributed by atoms with Crippen molar-refractivity contribution in [2.45, 2.75) is 23.3 Å². The summed E-state index contributed by atoms with van der Waals surface area (Å²) in [5, 5.41) is 1.99. The third kappa shape index (κ3) is 5.30. The van der Waals surface area contributed by atoms with Crippen LogP contribution < -0.4 is 0 Å². The second-order valence-electron chi connectivity index (χ2n) is 7.22. The van der Waals surface area contributed by atoms with Crippen LogP contribution in [0.15, 0.2) is 70.4 Å². The first-order valence-corrected chi connectivity index (χ1v) is 13.4. The molecule has 1 aromatic heterocycles. The molecule has 30 heavy (non-hydrogen) atoms. The second kappa shape index (κ2) is 9.32. The van der Waals surface area contributed by atoms with E-state index in [1.165, 1.54) is 23.1 Å². The molecule has 0 aliphatic carbocycles. The maximum atomic E-state index is 13.1. The van der Waals surface area contributed by atoms with Gasteiger partial charge in [-0.2, -0.15) is 0 Å². The van der Waals surface area contributed by atoms with Gasteiger partial charge in [0.15, 0.2) is 14.2 Å². The number of amides is 1. The van der Waals surface area contributed by atoms with E-state index >= 15 is 0 Å². The van der Waals surface area contributed by atoms with Crippen LogP contribution in [0.2, 0.25) is 0 Å². The molecule has 1 saturated heterocycles. The molecular formula is C22H22N2O3S3. The summed E-state index contributed by atoms with van der Waals surface area (Å²) in [6.07, 6.45) is 0.501. The van der Waals surface area contributed by atoms with Crippen LogP contribution in [0.5, 0.6) is 0 Å². The Hall–Kier alpha value is -2.16. The van der Waals surface area contributed by atoms with E-state index < -0.39 is 9.84 Å². The predicted molar refractivity (Wildman–Crippen MR) is 122 cm³/mol. The van der Waals surface area contributed by atoms with Crippen LogP contribution in [-0.4, -0.2) is 47.5 Å². The molecule has 0 N–H and O–H groups in total. The Morgan fingerprint density at radius 3 is 2.47 bits per heavy atom. The highest BCUT2D eigenvalue weighted by atomic mass is 32.2. The molecule has 4 rings (SSSR count). The van der Waals surface area contributed by atoms with Gasteiger partial charge in [0.25, 0.3) is 0 Å². The molecule has 1 amide bonds. The quantitative estimate of drug-likeness (QED) is 0.498. The Morgan fingerprint density at radius 2 is 1.80 bits per heavy atom. The maximum absolute atomic E-state index is 13.1. The summed E-state index contributed by atoms with van der Waals surface area (Å²) in [7, 11) is -3.07. The van der Waals surface area contributed by atoms with Gasteiger partial charge in [-0.15, -0.1) is 11.3 Å². The SMILES string of the molecule is O=C(CSc1nc(-c2ccccc2)cs1)N(Cc1ccccc1)[C@H]1CCS(=O)(=O)C1. The van der Waals surface area contributed by atoms with Gasteiger partial charge in [-0.05, 0) is 12.0 Å². The summed E-state index contributed by atoms with van der Waals surface area (Å²) < 4.78 is 24.8. The standard InChI is InChI=1S/C22H22N2O3S3/c25-21(15-29-22-23-20(14-28-22)18-9-5-2-6-10-18)24(13-17-7-3-1-4-8-17)19-11-12-30(26,27)16-19/h1-10,14,19H,11-13,15-16H2/t19-/m0/s1. The highest BCUT2D eigenvalue weighted by Gasteiger charge is 2.34. The molecule has 5 nitrogen and oxygen atoms in total. The average Bonchev–Trinajstić information content (AvgIpc) is 3.38. The highest BCUT2D eigenvalue weighted by molar-refractivity contribution is 8.01. The molecule has 2 aromatic carbocycles. The van der Waals surface area contributed by atoms with Crippen LogP contribution in [0.4, 0.5) is 0 Å². The number of aromatic nitrogens is 1. The molecule has 0 radical (unpaired) electrons. The zero-order valence-corrected chi connectivity index (χ0v) is 18.8. The van der Waals surface area contributed by atoms with E-state index in [9.17, 15) is 13.2 Å². The first-order valence-electron chi connectivity index (χ1n) is 9.68. The minimum absolute atomic E-state index is 0.0473. The van der Waals surface area contributed by atoms with Gasteiger partial charge in [0, 0.05) is 23.5 Å². The number of carbonyl (C=O) groups excluding carboxylic acids is 1. The van der Waals surface area contributed by atoms with Crippen molar-refractivity contribution in [3.63, 3.8) is 0 Å². The number of rotatable bonds is 7. The predicted octanol–water partition coefficient (Wildman–Crippen LogP) is 4.12. The van der Waals surface area contributed by atoms with Crippen LogP contribution in [0.3, 0.4) is 0 Å². The summed E-state index contributed by atoms with van der Waals surface area (Å²) in [6.45, 7) is 0.424. The Bertz CT molecular complexity index is 1100. The molecule has 156 valence electrons. The van der Waals surface area contributed by atoms with Crippen LogP contribution in [0.1, 0.15) is 12.0 Å². The Balaban J connectivity index is 1.44.